The van der Waals surface area contributed by atoms with Gasteiger partial charge in [0.15, 0.2) is 0 Å². The molecule has 0 bridgehead atoms. The van der Waals surface area contributed by atoms with Crippen LogP contribution in [0.15, 0.2) is 27.6 Å². The lowest BCUT2D eigenvalue weighted by molar-refractivity contribution is -0.128. The van der Waals surface area contributed by atoms with Crippen molar-refractivity contribution in [2.75, 3.05) is 13.1 Å². The molecule has 1 saturated heterocycles. The number of nitrogens with one attached hydrogen (secondary N) is 1. The van der Waals surface area contributed by atoms with Gasteiger partial charge in [-0.3, -0.25) is 14.4 Å². The average molecular weight is 368 g/mol. The lowest BCUT2D eigenvalue weighted by Crippen LogP contribution is -2.35. The van der Waals surface area contributed by atoms with Crippen molar-refractivity contribution in [3.05, 3.63) is 33.2 Å². The van der Waals surface area contributed by atoms with Crippen LogP contribution in [-0.2, 0) is 16.1 Å². The van der Waals surface area contributed by atoms with Crippen molar-refractivity contribution in [3.63, 3.8) is 0 Å². The van der Waals surface area contributed by atoms with Crippen LogP contribution in [0.4, 0.5) is 0 Å². The monoisotopic (exact) mass is 367 g/mol. The first-order chi connectivity index (χ1) is 10.5. The molecule has 1 atom stereocenters. The van der Waals surface area contributed by atoms with E-state index in [2.05, 4.69) is 21.2 Å². The SMILES string of the molecule is O=C(Cn1cc(Br)ccc1=O)NCC1CC(=O)N(C2CC2)C1. The van der Waals surface area contributed by atoms with Gasteiger partial charge in [-0.1, -0.05) is 0 Å². The van der Waals surface area contributed by atoms with Crippen LogP contribution in [-0.4, -0.2) is 40.4 Å². The van der Waals surface area contributed by atoms with E-state index in [4.69, 9.17) is 0 Å². The molecule has 1 aromatic rings. The van der Waals surface area contributed by atoms with E-state index < -0.39 is 0 Å². The molecule has 1 aromatic heterocycles. The number of halogens is 1. The Balaban J connectivity index is 1.49. The lowest BCUT2D eigenvalue weighted by atomic mass is 10.1. The number of pyridine rings is 1. The van der Waals surface area contributed by atoms with Gasteiger partial charge in [0.1, 0.15) is 6.54 Å². The minimum Gasteiger partial charge on any atom is -0.354 e. The zero-order valence-corrected chi connectivity index (χ0v) is 13.7. The molecule has 22 heavy (non-hydrogen) atoms. The van der Waals surface area contributed by atoms with Crippen LogP contribution in [0.1, 0.15) is 19.3 Å². The quantitative estimate of drug-likeness (QED) is 0.834. The first-order valence-electron chi connectivity index (χ1n) is 7.45. The van der Waals surface area contributed by atoms with Crippen LogP contribution in [0.3, 0.4) is 0 Å². The Hall–Kier alpha value is -1.63. The van der Waals surface area contributed by atoms with E-state index in [9.17, 15) is 14.4 Å². The molecule has 0 radical (unpaired) electrons. The fourth-order valence-electron chi connectivity index (χ4n) is 2.78. The zero-order valence-electron chi connectivity index (χ0n) is 12.1. The fourth-order valence-corrected chi connectivity index (χ4v) is 3.16. The summed E-state index contributed by atoms with van der Waals surface area (Å²) in [6, 6.07) is 3.50. The molecule has 1 aliphatic carbocycles. The van der Waals surface area contributed by atoms with Crippen LogP contribution < -0.4 is 10.9 Å². The molecule has 1 unspecified atom stereocenters. The van der Waals surface area contributed by atoms with E-state index in [0.717, 1.165) is 23.9 Å². The Labute approximate surface area is 136 Å². The molecule has 2 amide bonds. The first-order valence-corrected chi connectivity index (χ1v) is 8.24. The maximum absolute atomic E-state index is 12.0. The summed E-state index contributed by atoms with van der Waals surface area (Å²) >= 11 is 3.28. The van der Waals surface area contributed by atoms with Gasteiger partial charge in [-0.2, -0.15) is 0 Å². The van der Waals surface area contributed by atoms with E-state index >= 15 is 0 Å². The summed E-state index contributed by atoms with van der Waals surface area (Å²) in [6.45, 7) is 1.21. The van der Waals surface area contributed by atoms with Gasteiger partial charge in [0.05, 0.1) is 0 Å². The van der Waals surface area contributed by atoms with Gasteiger partial charge in [-0.05, 0) is 34.8 Å². The van der Waals surface area contributed by atoms with E-state index in [1.54, 1.807) is 12.3 Å². The number of hydrogen-bond acceptors (Lipinski definition) is 3. The number of rotatable bonds is 5. The number of nitrogens with zero attached hydrogens (tertiary/aromatic N) is 2. The number of aromatic nitrogens is 1. The smallest absolute Gasteiger partial charge is 0.251 e. The van der Waals surface area contributed by atoms with Gasteiger partial charge in [-0.15, -0.1) is 0 Å². The van der Waals surface area contributed by atoms with Crippen molar-refractivity contribution in [3.8, 4) is 0 Å². The third-order valence-electron chi connectivity index (χ3n) is 4.08. The second-order valence-corrected chi connectivity index (χ2v) is 6.88. The molecule has 1 saturated carbocycles. The summed E-state index contributed by atoms with van der Waals surface area (Å²) in [6.07, 6.45) is 4.32. The lowest BCUT2D eigenvalue weighted by Gasteiger charge is -2.15. The Morgan fingerprint density at radius 2 is 2.09 bits per heavy atom. The maximum atomic E-state index is 12.0. The Kier molecular flexibility index (Phi) is 4.33. The van der Waals surface area contributed by atoms with Crippen molar-refractivity contribution in [1.82, 2.24) is 14.8 Å². The van der Waals surface area contributed by atoms with Crippen LogP contribution in [0, 0.1) is 5.92 Å². The summed E-state index contributed by atoms with van der Waals surface area (Å²) < 4.78 is 2.11. The summed E-state index contributed by atoms with van der Waals surface area (Å²) in [5.74, 6) is 0.166. The van der Waals surface area contributed by atoms with Gasteiger partial charge >= 0.3 is 0 Å². The molecule has 3 rings (SSSR count). The third-order valence-corrected chi connectivity index (χ3v) is 4.54. The first kappa shape index (κ1) is 15.3. The minimum absolute atomic E-state index is 0.00865. The Morgan fingerprint density at radius 1 is 1.32 bits per heavy atom. The standard InChI is InChI=1S/C15H18BrN3O3/c16-11-1-4-14(21)18(8-11)9-13(20)17-6-10-5-15(22)19(7-10)12-2-3-12/h1,4,8,10,12H,2-3,5-7,9H2,(H,17,20). The number of amides is 2. The van der Waals surface area contributed by atoms with Gasteiger partial charge in [0.25, 0.3) is 5.56 Å². The summed E-state index contributed by atoms with van der Waals surface area (Å²) in [5.41, 5.74) is -0.214. The molecule has 118 valence electrons. The average Bonchev–Trinajstić information content (AvgIpc) is 3.24. The summed E-state index contributed by atoms with van der Waals surface area (Å²) in [7, 11) is 0. The topological polar surface area (TPSA) is 71.4 Å². The van der Waals surface area contributed by atoms with Gasteiger partial charge in [0, 0.05) is 48.2 Å². The van der Waals surface area contributed by atoms with Crippen LogP contribution >= 0.6 is 15.9 Å². The number of hydrogen-bond donors (Lipinski definition) is 1. The van der Waals surface area contributed by atoms with Crippen LogP contribution in [0.2, 0.25) is 0 Å². The highest BCUT2D eigenvalue weighted by Crippen LogP contribution is 2.32. The van der Waals surface area contributed by atoms with Crippen LogP contribution in [0.25, 0.3) is 0 Å². The molecular formula is C15H18BrN3O3. The van der Waals surface area contributed by atoms with Gasteiger partial charge in [-0.25, -0.2) is 0 Å². The molecule has 1 N–H and O–H groups in total. The van der Waals surface area contributed by atoms with E-state index in [1.807, 2.05) is 4.90 Å². The molecule has 2 heterocycles. The molecule has 6 nitrogen and oxygen atoms in total. The zero-order chi connectivity index (χ0) is 15.7. The molecule has 0 spiro atoms. The molecule has 2 fully saturated rings. The highest BCUT2D eigenvalue weighted by atomic mass is 79.9. The highest BCUT2D eigenvalue weighted by Gasteiger charge is 2.39. The van der Waals surface area contributed by atoms with Gasteiger partial charge < -0.3 is 14.8 Å². The van der Waals surface area contributed by atoms with Crippen molar-refractivity contribution < 1.29 is 9.59 Å². The minimum atomic E-state index is -0.214. The number of likely N-dealkylation sites (tertiary alicyclic amines) is 1. The van der Waals surface area contributed by atoms with E-state index in [1.165, 1.54) is 10.6 Å². The Morgan fingerprint density at radius 3 is 2.82 bits per heavy atom. The second kappa shape index (κ2) is 6.24. The Bertz CT molecular complexity index is 654. The fraction of sp³-hybridized carbons (Fsp3) is 0.533. The maximum Gasteiger partial charge on any atom is 0.251 e. The van der Waals surface area contributed by atoms with Gasteiger partial charge in [0.2, 0.25) is 11.8 Å². The number of carbonyl (C=O) groups is 2. The molecular weight excluding hydrogens is 350 g/mol. The van der Waals surface area contributed by atoms with Crippen molar-refractivity contribution in [1.29, 1.82) is 0 Å². The number of carbonyl (C=O) groups excluding carboxylic acids is 2. The van der Waals surface area contributed by atoms with E-state index in [-0.39, 0.29) is 29.8 Å². The normalized spacial score (nSPS) is 21.2. The molecule has 7 heteroatoms. The van der Waals surface area contributed by atoms with Crippen molar-refractivity contribution in [2.24, 2.45) is 5.92 Å². The molecule has 1 aliphatic heterocycles. The van der Waals surface area contributed by atoms with E-state index in [0.29, 0.717) is 19.0 Å². The largest absolute Gasteiger partial charge is 0.354 e. The van der Waals surface area contributed by atoms with Crippen molar-refractivity contribution in [2.45, 2.75) is 31.8 Å². The predicted molar refractivity (Wildman–Crippen MR) is 84.3 cm³/mol. The predicted octanol–water partition coefficient (Wildman–Crippen LogP) is 0.738. The molecule has 2 aliphatic rings. The third kappa shape index (κ3) is 3.58. The molecule has 0 aromatic carbocycles. The second-order valence-electron chi connectivity index (χ2n) is 5.96. The summed E-state index contributed by atoms with van der Waals surface area (Å²) in [4.78, 5) is 37.4. The van der Waals surface area contributed by atoms with Crippen LogP contribution in [0.5, 0.6) is 0 Å². The summed E-state index contributed by atoms with van der Waals surface area (Å²) in [5, 5.41) is 2.83. The highest BCUT2D eigenvalue weighted by molar-refractivity contribution is 9.10. The van der Waals surface area contributed by atoms with Crippen molar-refractivity contribution >= 4 is 27.7 Å².